The third kappa shape index (κ3) is 5.86. The van der Waals surface area contributed by atoms with Crippen molar-refractivity contribution in [3.05, 3.63) is 29.8 Å². The molecule has 1 fully saturated rings. The molecule has 2 atom stereocenters. The maximum absolute atomic E-state index is 12.2. The molecule has 23 heavy (non-hydrogen) atoms. The van der Waals surface area contributed by atoms with Crippen LogP contribution < -0.4 is 10.5 Å². The van der Waals surface area contributed by atoms with Crippen molar-refractivity contribution in [2.75, 3.05) is 13.1 Å². The van der Waals surface area contributed by atoms with Crippen LogP contribution in [-0.2, 0) is 0 Å². The van der Waals surface area contributed by atoms with Crippen molar-refractivity contribution in [1.82, 2.24) is 4.90 Å². The van der Waals surface area contributed by atoms with Gasteiger partial charge in [0.05, 0.1) is 0 Å². The Morgan fingerprint density at radius 3 is 2.09 bits per heavy atom. The Hall–Kier alpha value is -0.980. The lowest BCUT2D eigenvalue weighted by Crippen LogP contribution is -2.40. The molecule has 0 radical (unpaired) electrons. The first kappa shape index (κ1) is 20.1. The molecular formula is C16H24ClF3N2O. The minimum atomic E-state index is -4.64. The normalized spacial score (nSPS) is 19.7. The number of hydrogen-bond acceptors (Lipinski definition) is 3. The van der Waals surface area contributed by atoms with Crippen molar-refractivity contribution in [3.63, 3.8) is 0 Å². The largest absolute Gasteiger partial charge is 0.573 e. The lowest BCUT2D eigenvalue weighted by molar-refractivity contribution is -0.274. The summed E-state index contributed by atoms with van der Waals surface area (Å²) in [5.74, 6) is 0.380. The number of ether oxygens (including phenoxy) is 1. The molecule has 2 rings (SSSR count). The van der Waals surface area contributed by atoms with Crippen LogP contribution in [0.2, 0.25) is 0 Å². The fourth-order valence-corrected chi connectivity index (χ4v) is 2.99. The van der Waals surface area contributed by atoms with Crippen LogP contribution in [0.5, 0.6) is 5.75 Å². The van der Waals surface area contributed by atoms with Gasteiger partial charge in [0.15, 0.2) is 0 Å². The van der Waals surface area contributed by atoms with Gasteiger partial charge in [-0.1, -0.05) is 12.1 Å². The van der Waals surface area contributed by atoms with Gasteiger partial charge >= 0.3 is 6.36 Å². The van der Waals surface area contributed by atoms with E-state index in [2.05, 4.69) is 16.6 Å². The van der Waals surface area contributed by atoms with E-state index in [-0.39, 0.29) is 30.2 Å². The summed E-state index contributed by atoms with van der Waals surface area (Å²) in [6.07, 6.45) is -2.51. The van der Waals surface area contributed by atoms with Crippen molar-refractivity contribution in [3.8, 4) is 5.75 Å². The highest BCUT2D eigenvalue weighted by molar-refractivity contribution is 5.85. The van der Waals surface area contributed by atoms with E-state index in [1.165, 1.54) is 12.1 Å². The molecule has 7 heteroatoms. The molecule has 1 aromatic rings. The minimum absolute atomic E-state index is 0. The zero-order chi connectivity index (χ0) is 16.3. The molecule has 0 bridgehead atoms. The fraction of sp³-hybridized carbons (Fsp3) is 0.625. The molecule has 3 nitrogen and oxygen atoms in total. The number of halogens is 4. The Morgan fingerprint density at radius 1 is 1.13 bits per heavy atom. The number of nitrogens with two attached hydrogens (primary N) is 1. The highest BCUT2D eigenvalue weighted by Crippen LogP contribution is 2.29. The fourth-order valence-electron chi connectivity index (χ4n) is 2.99. The molecule has 1 saturated heterocycles. The SMILES string of the molecule is CC(N)C1CCN(C(C)c2ccc(OC(F)(F)F)cc2)CC1.Cl. The lowest BCUT2D eigenvalue weighted by Gasteiger charge is -2.37. The Bertz CT molecular complexity index is 471. The summed E-state index contributed by atoms with van der Waals surface area (Å²) < 4.78 is 40.4. The smallest absolute Gasteiger partial charge is 0.406 e. The van der Waals surface area contributed by atoms with Crippen LogP contribution in [-0.4, -0.2) is 30.4 Å². The third-order valence-electron chi connectivity index (χ3n) is 4.46. The first-order valence-electron chi connectivity index (χ1n) is 7.61. The molecule has 0 amide bonds. The van der Waals surface area contributed by atoms with Crippen molar-refractivity contribution in [2.45, 2.75) is 45.1 Å². The van der Waals surface area contributed by atoms with Gasteiger partial charge in [-0.3, -0.25) is 4.90 Å². The number of hydrogen-bond donors (Lipinski definition) is 1. The summed E-state index contributed by atoms with van der Waals surface area (Å²) in [6, 6.07) is 6.53. The molecule has 1 aliphatic heterocycles. The molecular weight excluding hydrogens is 329 g/mol. The van der Waals surface area contributed by atoms with Crippen LogP contribution in [0.4, 0.5) is 13.2 Å². The monoisotopic (exact) mass is 352 g/mol. The maximum atomic E-state index is 12.2. The van der Waals surface area contributed by atoms with Crippen LogP contribution in [0.3, 0.4) is 0 Å². The van der Waals surface area contributed by atoms with E-state index in [9.17, 15) is 13.2 Å². The molecule has 2 unspecified atom stereocenters. The number of likely N-dealkylation sites (tertiary alicyclic amines) is 1. The summed E-state index contributed by atoms with van der Waals surface area (Å²) in [7, 11) is 0. The quantitative estimate of drug-likeness (QED) is 0.885. The summed E-state index contributed by atoms with van der Waals surface area (Å²) >= 11 is 0. The van der Waals surface area contributed by atoms with Gasteiger partial charge < -0.3 is 10.5 Å². The van der Waals surface area contributed by atoms with Crippen LogP contribution >= 0.6 is 12.4 Å². The standard InChI is InChI=1S/C16H23F3N2O.ClH/c1-11(20)13-7-9-21(10-8-13)12(2)14-3-5-15(6-4-14)22-16(17,18)19;/h3-6,11-13H,7-10,20H2,1-2H3;1H. The molecule has 2 N–H and O–H groups in total. The summed E-state index contributed by atoms with van der Waals surface area (Å²) in [4.78, 5) is 2.35. The maximum Gasteiger partial charge on any atom is 0.573 e. The average Bonchev–Trinajstić information content (AvgIpc) is 2.46. The van der Waals surface area contributed by atoms with Crippen molar-refractivity contribution in [1.29, 1.82) is 0 Å². The summed E-state index contributed by atoms with van der Waals surface area (Å²) in [6.45, 7) is 6.05. The number of nitrogens with zero attached hydrogens (tertiary/aromatic N) is 1. The molecule has 0 aliphatic carbocycles. The van der Waals surface area contributed by atoms with Gasteiger partial charge in [0.1, 0.15) is 5.75 Å². The van der Waals surface area contributed by atoms with Crippen LogP contribution in [0.1, 0.15) is 38.3 Å². The van der Waals surface area contributed by atoms with E-state index in [1.807, 2.05) is 6.92 Å². The van der Waals surface area contributed by atoms with Gasteiger partial charge in [0.2, 0.25) is 0 Å². The number of alkyl halides is 3. The number of rotatable bonds is 4. The topological polar surface area (TPSA) is 38.5 Å². The second kappa shape index (κ2) is 8.22. The molecule has 0 saturated carbocycles. The number of piperidine rings is 1. The summed E-state index contributed by atoms with van der Waals surface area (Å²) in [5.41, 5.74) is 6.94. The molecule has 0 spiro atoms. The predicted molar refractivity (Wildman–Crippen MR) is 86.7 cm³/mol. The Kier molecular flexibility index (Phi) is 7.17. The lowest BCUT2D eigenvalue weighted by atomic mass is 9.90. The van der Waals surface area contributed by atoms with Gasteiger partial charge in [-0.25, -0.2) is 0 Å². The molecule has 1 heterocycles. The van der Waals surface area contributed by atoms with Gasteiger partial charge in [-0.2, -0.15) is 0 Å². The van der Waals surface area contributed by atoms with E-state index in [0.29, 0.717) is 5.92 Å². The first-order chi connectivity index (χ1) is 10.3. The molecule has 0 aromatic heterocycles. The van der Waals surface area contributed by atoms with Crippen molar-refractivity contribution >= 4 is 12.4 Å². The van der Waals surface area contributed by atoms with Crippen molar-refractivity contribution < 1.29 is 17.9 Å². The zero-order valence-corrected chi connectivity index (χ0v) is 14.2. The van der Waals surface area contributed by atoms with E-state index >= 15 is 0 Å². The average molecular weight is 353 g/mol. The van der Waals surface area contributed by atoms with Gasteiger partial charge in [-0.05, 0) is 63.4 Å². The van der Waals surface area contributed by atoms with Crippen molar-refractivity contribution in [2.24, 2.45) is 11.7 Å². The second-order valence-electron chi connectivity index (χ2n) is 6.03. The predicted octanol–water partition coefficient (Wildman–Crippen LogP) is 4.13. The van der Waals surface area contributed by atoms with E-state index < -0.39 is 6.36 Å². The second-order valence-corrected chi connectivity index (χ2v) is 6.03. The van der Waals surface area contributed by atoms with Crippen LogP contribution in [0.15, 0.2) is 24.3 Å². The Balaban J connectivity index is 0.00000264. The number of benzene rings is 1. The zero-order valence-electron chi connectivity index (χ0n) is 13.3. The Labute approximate surface area is 141 Å². The van der Waals surface area contributed by atoms with E-state index in [0.717, 1.165) is 31.5 Å². The van der Waals surface area contributed by atoms with E-state index in [4.69, 9.17) is 5.73 Å². The third-order valence-corrected chi connectivity index (χ3v) is 4.46. The first-order valence-corrected chi connectivity index (χ1v) is 7.61. The molecule has 132 valence electrons. The van der Waals surface area contributed by atoms with E-state index in [1.54, 1.807) is 12.1 Å². The minimum Gasteiger partial charge on any atom is -0.406 e. The Morgan fingerprint density at radius 2 is 1.65 bits per heavy atom. The highest BCUT2D eigenvalue weighted by Gasteiger charge is 2.31. The van der Waals surface area contributed by atoms with Gasteiger partial charge in [0, 0.05) is 12.1 Å². The summed E-state index contributed by atoms with van der Waals surface area (Å²) in [5, 5.41) is 0. The van der Waals surface area contributed by atoms with Crippen LogP contribution in [0, 0.1) is 5.92 Å². The van der Waals surface area contributed by atoms with Gasteiger partial charge in [0.25, 0.3) is 0 Å². The van der Waals surface area contributed by atoms with Gasteiger partial charge in [-0.15, -0.1) is 25.6 Å². The molecule has 1 aromatic carbocycles. The molecule has 1 aliphatic rings. The highest BCUT2D eigenvalue weighted by atomic mass is 35.5. The van der Waals surface area contributed by atoms with Crippen LogP contribution in [0.25, 0.3) is 0 Å².